The summed E-state index contributed by atoms with van der Waals surface area (Å²) in [5, 5.41) is 4.32. The lowest BCUT2D eigenvalue weighted by Crippen LogP contribution is -2.46. The number of benzene rings is 1. The van der Waals surface area contributed by atoms with Crippen LogP contribution in [0.5, 0.6) is 0 Å². The van der Waals surface area contributed by atoms with Gasteiger partial charge < -0.3 is 4.90 Å². The number of carbonyl (C=O) groups excluding carboxylic acids is 1. The van der Waals surface area contributed by atoms with Gasteiger partial charge in [0.25, 0.3) is 0 Å². The quantitative estimate of drug-likeness (QED) is 0.641. The van der Waals surface area contributed by atoms with Gasteiger partial charge in [0.1, 0.15) is 0 Å². The molecule has 2 aliphatic rings. The van der Waals surface area contributed by atoms with Crippen molar-refractivity contribution < 1.29 is 4.79 Å². The summed E-state index contributed by atoms with van der Waals surface area (Å²) in [7, 11) is 0. The fourth-order valence-electron chi connectivity index (χ4n) is 4.51. The maximum Gasteiger partial charge on any atom is 0.241 e. The molecule has 0 fully saturated rings. The van der Waals surface area contributed by atoms with E-state index in [1.165, 1.54) is 20.9 Å². The normalized spacial score (nSPS) is 21.9. The molecule has 138 valence electrons. The van der Waals surface area contributed by atoms with Crippen molar-refractivity contribution in [1.82, 2.24) is 4.90 Å². The number of hydrogen-bond acceptors (Lipinski definition) is 4. The number of amides is 1. The molecular formula is C22H22N2OS2. The van der Waals surface area contributed by atoms with Gasteiger partial charge in [0.05, 0.1) is 12.6 Å². The van der Waals surface area contributed by atoms with Crippen molar-refractivity contribution in [3.63, 3.8) is 0 Å². The fourth-order valence-corrected chi connectivity index (χ4v) is 6.29. The Morgan fingerprint density at radius 3 is 2.85 bits per heavy atom. The predicted octanol–water partition coefficient (Wildman–Crippen LogP) is 4.73. The van der Waals surface area contributed by atoms with E-state index < -0.39 is 0 Å². The maximum atomic E-state index is 13.3. The molecule has 1 aromatic carbocycles. The Balaban J connectivity index is 1.44. The lowest BCUT2D eigenvalue weighted by molar-refractivity contribution is -0.120. The number of hydrogen-bond donors (Lipinski definition) is 0. The number of thiophene rings is 2. The van der Waals surface area contributed by atoms with Crippen LogP contribution in [0.2, 0.25) is 0 Å². The Kier molecular flexibility index (Phi) is 4.38. The Hall–Kier alpha value is -1.95. The van der Waals surface area contributed by atoms with Crippen LogP contribution in [0.1, 0.15) is 33.8 Å². The largest absolute Gasteiger partial charge is 0.308 e. The predicted molar refractivity (Wildman–Crippen MR) is 113 cm³/mol. The monoisotopic (exact) mass is 394 g/mol. The zero-order valence-corrected chi connectivity index (χ0v) is 16.9. The van der Waals surface area contributed by atoms with E-state index in [4.69, 9.17) is 0 Å². The molecule has 0 spiro atoms. The molecule has 0 N–H and O–H groups in total. The minimum atomic E-state index is 0.206. The number of anilines is 1. The number of rotatable bonds is 3. The number of nitrogens with zero attached hydrogens (tertiary/aromatic N) is 2. The highest BCUT2D eigenvalue weighted by atomic mass is 32.1. The van der Waals surface area contributed by atoms with E-state index in [-0.39, 0.29) is 18.0 Å². The number of para-hydroxylation sites is 1. The molecule has 0 unspecified atom stereocenters. The van der Waals surface area contributed by atoms with Crippen LogP contribution in [-0.4, -0.2) is 29.9 Å². The summed E-state index contributed by atoms with van der Waals surface area (Å²) in [4.78, 5) is 20.5. The van der Waals surface area contributed by atoms with Gasteiger partial charge in [-0.05, 0) is 59.9 Å². The molecule has 0 saturated carbocycles. The van der Waals surface area contributed by atoms with E-state index in [1.807, 2.05) is 22.3 Å². The number of fused-ring (bicyclic) bond motifs is 2. The molecule has 0 saturated heterocycles. The third-order valence-corrected chi connectivity index (χ3v) is 7.61. The molecule has 4 heterocycles. The van der Waals surface area contributed by atoms with Gasteiger partial charge in [-0.2, -0.15) is 0 Å². The van der Waals surface area contributed by atoms with Crippen molar-refractivity contribution in [2.45, 2.75) is 31.8 Å². The second-order valence-corrected chi connectivity index (χ2v) is 9.36. The van der Waals surface area contributed by atoms with E-state index in [1.54, 1.807) is 11.3 Å². The van der Waals surface area contributed by atoms with Crippen LogP contribution in [-0.2, 0) is 17.6 Å². The van der Waals surface area contributed by atoms with E-state index in [2.05, 4.69) is 59.0 Å². The van der Waals surface area contributed by atoms with Crippen molar-refractivity contribution >= 4 is 34.3 Å². The summed E-state index contributed by atoms with van der Waals surface area (Å²) in [5.74, 6) is 0.215. The molecule has 3 aromatic rings. The lowest BCUT2D eigenvalue weighted by Gasteiger charge is -2.36. The number of carbonyl (C=O) groups is 1. The second kappa shape index (κ2) is 6.89. The Bertz CT molecular complexity index is 962. The van der Waals surface area contributed by atoms with Gasteiger partial charge in [-0.25, -0.2) is 0 Å². The molecule has 1 amide bonds. The average molecular weight is 395 g/mol. The molecule has 2 aliphatic heterocycles. The van der Waals surface area contributed by atoms with Gasteiger partial charge in [-0.15, -0.1) is 22.7 Å². The van der Waals surface area contributed by atoms with Gasteiger partial charge in [-0.1, -0.05) is 24.3 Å². The Morgan fingerprint density at radius 1 is 1.11 bits per heavy atom. The first kappa shape index (κ1) is 17.2. The van der Waals surface area contributed by atoms with Gasteiger partial charge >= 0.3 is 0 Å². The van der Waals surface area contributed by atoms with Gasteiger partial charge in [0.15, 0.2) is 0 Å². The zero-order chi connectivity index (χ0) is 18.4. The van der Waals surface area contributed by atoms with Crippen LogP contribution in [0.15, 0.2) is 53.2 Å². The standard InChI is InChI=1S/C22H22N2OS2/c1-15-13-16-5-2-3-6-18(16)24(15)21(25)14-23-10-8-19-17(9-12-27-19)22(23)20-7-4-11-26-20/h2-7,9,11-12,15,22H,8,10,13-14H2,1H3/t15-,22+/m0/s1. The highest BCUT2D eigenvalue weighted by molar-refractivity contribution is 7.10. The Morgan fingerprint density at radius 2 is 2.00 bits per heavy atom. The van der Waals surface area contributed by atoms with Crippen LogP contribution in [0.3, 0.4) is 0 Å². The minimum absolute atomic E-state index is 0.206. The molecule has 0 bridgehead atoms. The first-order chi connectivity index (χ1) is 13.2. The van der Waals surface area contributed by atoms with Crippen molar-refractivity contribution in [3.05, 3.63) is 74.1 Å². The van der Waals surface area contributed by atoms with Crippen LogP contribution in [0, 0.1) is 0 Å². The lowest BCUT2D eigenvalue weighted by atomic mass is 9.98. The fraction of sp³-hybridized carbons (Fsp3) is 0.318. The van der Waals surface area contributed by atoms with Crippen LogP contribution in [0.25, 0.3) is 0 Å². The first-order valence-corrected chi connectivity index (χ1v) is 11.2. The highest BCUT2D eigenvalue weighted by Crippen LogP contribution is 2.40. The summed E-state index contributed by atoms with van der Waals surface area (Å²) >= 11 is 3.63. The summed E-state index contributed by atoms with van der Waals surface area (Å²) in [6, 6.07) is 15.3. The molecule has 0 aliphatic carbocycles. The van der Waals surface area contributed by atoms with Crippen molar-refractivity contribution in [1.29, 1.82) is 0 Å². The van der Waals surface area contributed by atoms with Crippen molar-refractivity contribution in [2.75, 3.05) is 18.0 Å². The van der Waals surface area contributed by atoms with Crippen LogP contribution in [0.4, 0.5) is 5.69 Å². The van der Waals surface area contributed by atoms with E-state index >= 15 is 0 Å². The summed E-state index contributed by atoms with van der Waals surface area (Å²) in [6.07, 6.45) is 1.99. The third-order valence-electron chi connectivity index (χ3n) is 5.69. The molecule has 27 heavy (non-hydrogen) atoms. The van der Waals surface area contributed by atoms with Gasteiger partial charge in [0, 0.05) is 28.0 Å². The minimum Gasteiger partial charge on any atom is -0.308 e. The summed E-state index contributed by atoms with van der Waals surface area (Å²) in [5.41, 5.74) is 3.76. The summed E-state index contributed by atoms with van der Waals surface area (Å²) in [6.45, 7) is 3.56. The maximum absolute atomic E-state index is 13.3. The van der Waals surface area contributed by atoms with Crippen LogP contribution < -0.4 is 4.90 Å². The SMILES string of the molecule is C[C@H]1Cc2ccccc2N1C(=O)CN1CCc2sccc2[C@@H]1c1cccs1. The molecule has 3 nitrogen and oxygen atoms in total. The Labute approximate surface area is 167 Å². The molecular weight excluding hydrogens is 372 g/mol. The zero-order valence-electron chi connectivity index (χ0n) is 15.3. The van der Waals surface area contributed by atoms with Gasteiger partial charge in [-0.3, -0.25) is 9.69 Å². The van der Waals surface area contributed by atoms with E-state index in [0.29, 0.717) is 6.54 Å². The molecule has 0 radical (unpaired) electrons. The molecule has 2 atom stereocenters. The molecule has 5 heteroatoms. The second-order valence-electron chi connectivity index (χ2n) is 7.38. The summed E-state index contributed by atoms with van der Waals surface area (Å²) < 4.78 is 0. The van der Waals surface area contributed by atoms with Gasteiger partial charge in [0.2, 0.25) is 5.91 Å². The molecule has 2 aromatic heterocycles. The van der Waals surface area contributed by atoms with Crippen molar-refractivity contribution in [3.8, 4) is 0 Å². The average Bonchev–Trinajstić information content (AvgIpc) is 3.40. The van der Waals surface area contributed by atoms with Crippen molar-refractivity contribution in [2.24, 2.45) is 0 Å². The topological polar surface area (TPSA) is 23.6 Å². The highest BCUT2D eigenvalue weighted by Gasteiger charge is 2.35. The van der Waals surface area contributed by atoms with E-state index in [0.717, 1.165) is 25.1 Å². The molecule has 5 rings (SSSR count). The van der Waals surface area contributed by atoms with E-state index in [9.17, 15) is 4.79 Å². The smallest absolute Gasteiger partial charge is 0.241 e. The third kappa shape index (κ3) is 2.94. The van der Waals surface area contributed by atoms with Crippen LogP contribution >= 0.6 is 22.7 Å². The first-order valence-electron chi connectivity index (χ1n) is 9.46.